The van der Waals surface area contributed by atoms with Gasteiger partial charge in [0.05, 0.1) is 23.5 Å². The highest BCUT2D eigenvalue weighted by atomic mass is 19.1. The lowest BCUT2D eigenvalue weighted by Crippen LogP contribution is -2.48. The maximum atomic E-state index is 14.5. The van der Waals surface area contributed by atoms with Crippen LogP contribution in [0.2, 0.25) is 0 Å². The molecule has 0 aliphatic carbocycles. The largest absolute Gasteiger partial charge is 0.494 e. The molecule has 1 amide bonds. The number of piperazine rings is 1. The molecule has 3 aromatic rings. The van der Waals surface area contributed by atoms with Crippen molar-refractivity contribution in [2.45, 2.75) is 0 Å². The molecule has 2 aromatic carbocycles. The Morgan fingerprint density at radius 2 is 2.08 bits per heavy atom. The van der Waals surface area contributed by atoms with E-state index in [9.17, 15) is 14.3 Å². The van der Waals surface area contributed by atoms with Crippen molar-refractivity contribution in [3.8, 4) is 5.88 Å². The van der Waals surface area contributed by atoms with E-state index < -0.39 is 5.82 Å². The number of anilines is 1. The molecule has 1 aliphatic rings. The quantitative estimate of drug-likeness (QED) is 0.634. The lowest BCUT2D eigenvalue weighted by atomic mass is 10.2. The molecule has 3 N–H and O–H groups in total. The maximum absolute atomic E-state index is 14.5. The fourth-order valence-electron chi connectivity index (χ4n) is 3.10. The van der Waals surface area contributed by atoms with Crippen molar-refractivity contribution in [2.75, 3.05) is 24.5 Å². The Labute approximate surface area is 149 Å². The molecule has 2 heterocycles. The number of fused-ring (bicyclic) bond motifs is 1. The molecule has 0 spiro atoms. The molecule has 4 rings (SSSR count). The topological polar surface area (TPSA) is 80.7 Å². The van der Waals surface area contributed by atoms with Crippen molar-refractivity contribution < 1.29 is 14.3 Å². The van der Waals surface area contributed by atoms with Crippen molar-refractivity contribution in [3.05, 3.63) is 53.8 Å². The van der Waals surface area contributed by atoms with Crippen molar-refractivity contribution in [3.63, 3.8) is 0 Å². The minimum Gasteiger partial charge on any atom is -0.494 e. The number of hydrogen-bond acceptors (Lipinski definition) is 4. The number of aromatic hydroxyl groups is 1. The number of nitrogens with zero attached hydrogens (tertiary/aromatic N) is 2. The Kier molecular flexibility index (Phi) is 4.04. The first-order valence-electron chi connectivity index (χ1n) is 8.27. The van der Waals surface area contributed by atoms with Gasteiger partial charge in [0, 0.05) is 36.3 Å². The lowest BCUT2D eigenvalue weighted by molar-refractivity contribution is -0.120. The molecule has 0 atom stereocenters. The average Bonchev–Trinajstić information content (AvgIpc) is 2.95. The van der Waals surface area contributed by atoms with Crippen LogP contribution in [0.25, 0.3) is 10.9 Å². The maximum Gasteiger partial charge on any atom is 0.239 e. The zero-order valence-electron chi connectivity index (χ0n) is 13.9. The molecule has 0 radical (unpaired) electrons. The molecule has 26 heavy (non-hydrogen) atoms. The number of halogens is 1. The van der Waals surface area contributed by atoms with Crippen LogP contribution >= 0.6 is 0 Å². The van der Waals surface area contributed by atoms with Crippen LogP contribution in [-0.4, -0.2) is 41.8 Å². The number of H-pyrrole nitrogens is 1. The monoisotopic (exact) mass is 352 g/mol. The standard InChI is InChI=1S/C19H17FN4O2/c20-15-9-12(5-6-17(15)24-8-7-21-18(25)11-24)22-10-14-13-3-1-2-4-16(13)23-19(14)26/h1-6,9-10,23,26H,7-8,11H2,(H,21,25). The fourth-order valence-corrected chi connectivity index (χ4v) is 3.10. The van der Waals surface area contributed by atoms with Gasteiger partial charge in [-0.05, 0) is 18.2 Å². The SMILES string of the molecule is O=C1CN(c2ccc(N=Cc3c(O)[nH]c4ccccc34)cc2F)CCN1. The number of aromatic amines is 1. The molecule has 0 unspecified atom stereocenters. The van der Waals surface area contributed by atoms with Gasteiger partial charge in [0.1, 0.15) is 5.82 Å². The molecule has 1 aliphatic heterocycles. The molecule has 0 saturated carbocycles. The van der Waals surface area contributed by atoms with Gasteiger partial charge in [-0.3, -0.25) is 9.79 Å². The van der Waals surface area contributed by atoms with Crippen LogP contribution in [0.5, 0.6) is 5.88 Å². The molecule has 1 saturated heterocycles. The number of amides is 1. The van der Waals surface area contributed by atoms with Crippen LogP contribution in [0.4, 0.5) is 15.8 Å². The Balaban J connectivity index is 1.60. The van der Waals surface area contributed by atoms with E-state index in [4.69, 9.17) is 0 Å². The number of aromatic nitrogens is 1. The summed E-state index contributed by atoms with van der Waals surface area (Å²) in [5, 5.41) is 13.6. The summed E-state index contributed by atoms with van der Waals surface area (Å²) in [6, 6.07) is 12.1. The Morgan fingerprint density at radius 3 is 2.88 bits per heavy atom. The van der Waals surface area contributed by atoms with Crippen LogP contribution in [-0.2, 0) is 4.79 Å². The zero-order chi connectivity index (χ0) is 18.1. The van der Waals surface area contributed by atoms with Crippen LogP contribution < -0.4 is 10.2 Å². The van der Waals surface area contributed by atoms with E-state index in [2.05, 4.69) is 15.3 Å². The first-order valence-corrected chi connectivity index (χ1v) is 8.27. The Morgan fingerprint density at radius 1 is 1.23 bits per heavy atom. The van der Waals surface area contributed by atoms with Crippen molar-refractivity contribution >= 4 is 34.4 Å². The van der Waals surface area contributed by atoms with Gasteiger partial charge < -0.3 is 20.3 Å². The first kappa shape index (κ1) is 16.1. The van der Waals surface area contributed by atoms with Gasteiger partial charge in [-0.2, -0.15) is 0 Å². The molecule has 1 fully saturated rings. The Bertz CT molecular complexity index is 1010. The summed E-state index contributed by atoms with van der Waals surface area (Å²) in [6.45, 7) is 1.20. The van der Waals surface area contributed by atoms with Crippen LogP contribution in [0, 0.1) is 5.82 Å². The highest BCUT2D eigenvalue weighted by Crippen LogP contribution is 2.28. The third-order valence-electron chi connectivity index (χ3n) is 4.38. The number of hydrogen-bond donors (Lipinski definition) is 3. The third kappa shape index (κ3) is 2.99. The summed E-state index contributed by atoms with van der Waals surface area (Å²) in [6.07, 6.45) is 1.51. The minimum absolute atomic E-state index is 0.0198. The summed E-state index contributed by atoms with van der Waals surface area (Å²) in [5.41, 5.74) is 2.17. The molecule has 0 bridgehead atoms. The van der Waals surface area contributed by atoms with Crippen LogP contribution in [0.1, 0.15) is 5.56 Å². The van der Waals surface area contributed by atoms with Gasteiger partial charge in [0.2, 0.25) is 5.91 Å². The molecule has 6 nitrogen and oxygen atoms in total. The summed E-state index contributed by atoms with van der Waals surface area (Å²) in [4.78, 5) is 20.3. The van der Waals surface area contributed by atoms with Gasteiger partial charge in [-0.25, -0.2) is 4.39 Å². The van der Waals surface area contributed by atoms with E-state index >= 15 is 0 Å². The van der Waals surface area contributed by atoms with Crippen molar-refractivity contribution in [2.24, 2.45) is 4.99 Å². The molecule has 1 aromatic heterocycles. The van der Waals surface area contributed by atoms with Gasteiger partial charge in [-0.1, -0.05) is 18.2 Å². The van der Waals surface area contributed by atoms with E-state index in [0.717, 1.165) is 10.9 Å². The smallest absolute Gasteiger partial charge is 0.239 e. The van der Waals surface area contributed by atoms with E-state index in [1.54, 1.807) is 17.0 Å². The highest BCUT2D eigenvalue weighted by molar-refractivity contribution is 6.02. The van der Waals surface area contributed by atoms with Gasteiger partial charge in [-0.15, -0.1) is 0 Å². The van der Waals surface area contributed by atoms with Crippen LogP contribution in [0.15, 0.2) is 47.5 Å². The molecule has 132 valence electrons. The number of carbonyl (C=O) groups excluding carboxylic acids is 1. The fraction of sp³-hybridized carbons (Fsp3) is 0.158. The predicted molar refractivity (Wildman–Crippen MR) is 98.8 cm³/mol. The zero-order valence-corrected chi connectivity index (χ0v) is 13.9. The molecular weight excluding hydrogens is 335 g/mol. The second-order valence-corrected chi connectivity index (χ2v) is 6.10. The second kappa shape index (κ2) is 6.51. The number of rotatable bonds is 3. The summed E-state index contributed by atoms with van der Waals surface area (Å²) >= 11 is 0. The van der Waals surface area contributed by atoms with E-state index in [1.165, 1.54) is 12.3 Å². The van der Waals surface area contributed by atoms with Crippen molar-refractivity contribution in [1.82, 2.24) is 10.3 Å². The van der Waals surface area contributed by atoms with E-state index in [1.807, 2.05) is 24.3 Å². The third-order valence-corrected chi connectivity index (χ3v) is 4.38. The van der Waals surface area contributed by atoms with E-state index in [0.29, 0.717) is 30.0 Å². The average molecular weight is 352 g/mol. The van der Waals surface area contributed by atoms with Crippen LogP contribution in [0.3, 0.4) is 0 Å². The summed E-state index contributed by atoms with van der Waals surface area (Å²) in [7, 11) is 0. The summed E-state index contributed by atoms with van der Waals surface area (Å²) in [5.74, 6) is -0.531. The first-order chi connectivity index (χ1) is 12.6. The predicted octanol–water partition coefficient (Wildman–Crippen LogP) is 2.70. The van der Waals surface area contributed by atoms with E-state index in [-0.39, 0.29) is 18.3 Å². The van der Waals surface area contributed by atoms with Gasteiger partial charge >= 0.3 is 0 Å². The number of carbonyl (C=O) groups is 1. The molecular formula is C19H17FN4O2. The minimum atomic E-state index is -0.433. The number of benzene rings is 2. The van der Waals surface area contributed by atoms with Gasteiger partial charge in [0.25, 0.3) is 0 Å². The van der Waals surface area contributed by atoms with Gasteiger partial charge in [0.15, 0.2) is 5.88 Å². The Hall–Kier alpha value is -3.35. The number of nitrogens with one attached hydrogen (secondary N) is 2. The number of aliphatic imine (C=N–C) groups is 1. The second-order valence-electron chi connectivity index (χ2n) is 6.10. The lowest BCUT2D eigenvalue weighted by Gasteiger charge is -2.28. The highest BCUT2D eigenvalue weighted by Gasteiger charge is 2.19. The van der Waals surface area contributed by atoms with Crippen molar-refractivity contribution in [1.29, 1.82) is 0 Å². The summed E-state index contributed by atoms with van der Waals surface area (Å²) < 4.78 is 14.5. The molecule has 7 heteroatoms. The number of para-hydroxylation sites is 1. The normalized spacial score (nSPS) is 15.0.